The minimum Gasteiger partial charge on any atom is -0.481 e. The fourth-order valence-corrected chi connectivity index (χ4v) is 3.17. The van der Waals surface area contributed by atoms with Gasteiger partial charge in [-0.25, -0.2) is 4.79 Å². The van der Waals surface area contributed by atoms with E-state index < -0.39 is 17.0 Å². The molecule has 2 aliphatic rings. The van der Waals surface area contributed by atoms with Gasteiger partial charge in [0.25, 0.3) is 0 Å². The number of amides is 1. The molecule has 2 atom stereocenters. The Hall–Kier alpha value is -1.26. The van der Waals surface area contributed by atoms with Crippen molar-refractivity contribution in [1.82, 2.24) is 4.90 Å². The highest BCUT2D eigenvalue weighted by Crippen LogP contribution is 2.49. The Labute approximate surface area is 107 Å². The number of aliphatic carboxylic acids is 1. The van der Waals surface area contributed by atoms with Gasteiger partial charge < -0.3 is 14.7 Å². The average molecular weight is 255 g/mol. The van der Waals surface area contributed by atoms with E-state index in [2.05, 4.69) is 0 Å². The van der Waals surface area contributed by atoms with E-state index >= 15 is 0 Å². The lowest BCUT2D eigenvalue weighted by Crippen LogP contribution is -2.45. The summed E-state index contributed by atoms with van der Waals surface area (Å²) in [7, 11) is 0. The van der Waals surface area contributed by atoms with Crippen LogP contribution >= 0.6 is 0 Å². The molecule has 0 bridgehead atoms. The Bertz CT molecular complexity index is 374. The molecular weight excluding hydrogens is 234 g/mol. The highest BCUT2D eigenvalue weighted by atomic mass is 16.6. The van der Waals surface area contributed by atoms with Gasteiger partial charge in [-0.1, -0.05) is 6.42 Å². The van der Waals surface area contributed by atoms with Gasteiger partial charge in [0.15, 0.2) is 0 Å². The lowest BCUT2D eigenvalue weighted by atomic mass is 9.82. The summed E-state index contributed by atoms with van der Waals surface area (Å²) in [5.74, 6) is -0.768. The maximum absolute atomic E-state index is 12.1. The summed E-state index contributed by atoms with van der Waals surface area (Å²) < 4.78 is 5.35. The van der Waals surface area contributed by atoms with E-state index in [-0.39, 0.29) is 12.1 Å². The fraction of sp³-hybridized carbons (Fsp3) is 0.846. The van der Waals surface area contributed by atoms with Crippen LogP contribution < -0.4 is 0 Å². The summed E-state index contributed by atoms with van der Waals surface area (Å²) in [6.07, 6.45) is 2.48. The number of nitrogens with zero attached hydrogens (tertiary/aromatic N) is 1. The Balaban J connectivity index is 2.14. The van der Waals surface area contributed by atoms with Crippen LogP contribution in [0.15, 0.2) is 0 Å². The van der Waals surface area contributed by atoms with Crippen LogP contribution in [0, 0.1) is 5.41 Å². The number of carboxylic acids is 1. The van der Waals surface area contributed by atoms with Gasteiger partial charge in [0.2, 0.25) is 0 Å². The first-order valence-corrected chi connectivity index (χ1v) is 6.49. The Morgan fingerprint density at radius 2 is 2.00 bits per heavy atom. The minimum absolute atomic E-state index is 0.190. The minimum atomic E-state index is -0.768. The van der Waals surface area contributed by atoms with Crippen LogP contribution in [0.2, 0.25) is 0 Å². The van der Waals surface area contributed by atoms with Gasteiger partial charge in [-0.05, 0) is 40.0 Å². The number of ether oxygens (including phenoxy) is 1. The zero-order valence-corrected chi connectivity index (χ0v) is 11.2. The summed E-state index contributed by atoms with van der Waals surface area (Å²) in [5.41, 5.74) is -1.26. The lowest BCUT2D eigenvalue weighted by molar-refractivity contribution is -0.149. The molecular formula is C13H21NO4. The van der Waals surface area contributed by atoms with E-state index in [1.54, 1.807) is 4.90 Å². The van der Waals surface area contributed by atoms with Gasteiger partial charge in [0.1, 0.15) is 5.60 Å². The first-order valence-electron chi connectivity index (χ1n) is 6.49. The Morgan fingerprint density at radius 1 is 1.33 bits per heavy atom. The number of carboxylic acid groups (broad SMARTS) is 1. The maximum Gasteiger partial charge on any atom is 0.410 e. The van der Waals surface area contributed by atoms with Crippen molar-refractivity contribution in [2.75, 3.05) is 6.54 Å². The van der Waals surface area contributed by atoms with Crippen LogP contribution in [0.1, 0.15) is 46.5 Å². The number of likely N-dealkylation sites (tertiary alicyclic amines) is 1. The van der Waals surface area contributed by atoms with Crippen LogP contribution in [0.25, 0.3) is 0 Å². The first kappa shape index (κ1) is 13.2. The van der Waals surface area contributed by atoms with Crippen molar-refractivity contribution in [3.8, 4) is 0 Å². The van der Waals surface area contributed by atoms with E-state index in [1.165, 1.54) is 0 Å². The van der Waals surface area contributed by atoms with Gasteiger partial charge in [-0.2, -0.15) is 0 Å². The van der Waals surface area contributed by atoms with Gasteiger partial charge >= 0.3 is 12.1 Å². The summed E-state index contributed by atoms with van der Waals surface area (Å²) in [6, 6.07) is -0.190. The zero-order valence-electron chi connectivity index (χ0n) is 11.2. The predicted octanol–water partition coefficient (Wildman–Crippen LogP) is 2.25. The second kappa shape index (κ2) is 4.14. The first-order chi connectivity index (χ1) is 8.26. The molecule has 1 amide bonds. The molecule has 0 aromatic carbocycles. The SMILES string of the molecule is CC(C)(C)OC(=O)N1CC[C@]2(C(=O)O)CCC[C@@H]12. The van der Waals surface area contributed by atoms with E-state index in [1.807, 2.05) is 20.8 Å². The van der Waals surface area contributed by atoms with Gasteiger partial charge in [0.05, 0.1) is 11.5 Å². The number of carbonyl (C=O) groups excluding carboxylic acids is 1. The number of fused-ring (bicyclic) bond motifs is 1. The summed E-state index contributed by atoms with van der Waals surface area (Å²) >= 11 is 0. The standard InChI is InChI=1S/C13H21NO4/c1-12(2,3)18-11(17)14-8-7-13(10(15)16)6-4-5-9(13)14/h9H,4-8H2,1-3H3,(H,15,16)/t9-,13-/m1/s1. The van der Waals surface area contributed by atoms with Crippen LogP contribution in [0.4, 0.5) is 4.79 Å². The van der Waals surface area contributed by atoms with Crippen molar-refractivity contribution in [1.29, 1.82) is 0 Å². The number of rotatable bonds is 1. The molecule has 0 radical (unpaired) electrons. The van der Waals surface area contributed by atoms with Crippen LogP contribution in [-0.4, -0.2) is 40.3 Å². The third kappa shape index (κ3) is 2.06. The molecule has 1 saturated heterocycles. The highest BCUT2D eigenvalue weighted by Gasteiger charge is 2.57. The Kier molecular flexibility index (Phi) is 3.03. The van der Waals surface area contributed by atoms with Crippen LogP contribution in [0.5, 0.6) is 0 Å². The van der Waals surface area contributed by atoms with Crippen molar-refractivity contribution in [2.24, 2.45) is 5.41 Å². The van der Waals surface area contributed by atoms with E-state index in [0.29, 0.717) is 19.4 Å². The molecule has 2 fully saturated rings. The monoisotopic (exact) mass is 255 g/mol. The summed E-state index contributed by atoms with van der Waals surface area (Å²) in [5, 5.41) is 9.43. The molecule has 1 saturated carbocycles. The molecule has 0 aromatic rings. The third-order valence-electron chi connectivity index (χ3n) is 3.97. The molecule has 0 spiro atoms. The fourth-order valence-electron chi connectivity index (χ4n) is 3.17. The number of carbonyl (C=O) groups is 2. The normalized spacial score (nSPS) is 31.3. The highest BCUT2D eigenvalue weighted by molar-refractivity contribution is 5.79. The van der Waals surface area contributed by atoms with Crippen LogP contribution in [0.3, 0.4) is 0 Å². The second-order valence-corrected chi connectivity index (χ2v) is 6.29. The van der Waals surface area contributed by atoms with Gasteiger partial charge in [0, 0.05) is 6.54 Å². The molecule has 102 valence electrons. The van der Waals surface area contributed by atoms with E-state index in [0.717, 1.165) is 12.8 Å². The quantitative estimate of drug-likeness (QED) is 0.780. The number of hydrogen-bond donors (Lipinski definition) is 1. The van der Waals surface area contributed by atoms with E-state index in [4.69, 9.17) is 4.74 Å². The lowest BCUT2D eigenvalue weighted by Gasteiger charge is -2.30. The van der Waals surface area contributed by atoms with Crippen molar-refractivity contribution < 1.29 is 19.4 Å². The van der Waals surface area contributed by atoms with Crippen molar-refractivity contribution >= 4 is 12.1 Å². The van der Waals surface area contributed by atoms with Crippen molar-refractivity contribution in [3.05, 3.63) is 0 Å². The van der Waals surface area contributed by atoms with E-state index in [9.17, 15) is 14.7 Å². The smallest absolute Gasteiger partial charge is 0.410 e. The second-order valence-electron chi connectivity index (χ2n) is 6.29. The van der Waals surface area contributed by atoms with Gasteiger partial charge in [-0.3, -0.25) is 4.79 Å². The third-order valence-corrected chi connectivity index (χ3v) is 3.97. The van der Waals surface area contributed by atoms with Crippen molar-refractivity contribution in [2.45, 2.75) is 58.1 Å². The average Bonchev–Trinajstić information content (AvgIpc) is 2.70. The molecule has 2 rings (SSSR count). The molecule has 0 aromatic heterocycles. The topological polar surface area (TPSA) is 66.8 Å². The molecule has 5 heteroatoms. The molecule has 1 heterocycles. The van der Waals surface area contributed by atoms with Crippen molar-refractivity contribution in [3.63, 3.8) is 0 Å². The molecule has 0 unspecified atom stereocenters. The summed E-state index contributed by atoms with van der Waals surface area (Å²) in [4.78, 5) is 25.2. The molecule has 1 aliphatic heterocycles. The molecule has 5 nitrogen and oxygen atoms in total. The summed E-state index contributed by atoms with van der Waals surface area (Å²) in [6.45, 7) is 5.95. The molecule has 1 N–H and O–H groups in total. The van der Waals surface area contributed by atoms with Gasteiger partial charge in [-0.15, -0.1) is 0 Å². The zero-order chi connectivity index (χ0) is 13.6. The predicted molar refractivity (Wildman–Crippen MR) is 65.3 cm³/mol. The maximum atomic E-state index is 12.1. The van der Waals surface area contributed by atoms with Crippen LogP contribution in [-0.2, 0) is 9.53 Å². The molecule has 18 heavy (non-hydrogen) atoms. The number of hydrogen-bond acceptors (Lipinski definition) is 3. The Morgan fingerprint density at radius 3 is 2.56 bits per heavy atom. The largest absolute Gasteiger partial charge is 0.481 e. The molecule has 1 aliphatic carbocycles.